The zero-order valence-electron chi connectivity index (χ0n) is 10.6. The van der Waals surface area contributed by atoms with Gasteiger partial charge in [0.2, 0.25) is 0 Å². The number of hydrogen-bond donors (Lipinski definition) is 2. The number of halogens is 7. The van der Waals surface area contributed by atoms with Crippen molar-refractivity contribution in [3.8, 4) is 0 Å². The van der Waals surface area contributed by atoms with Gasteiger partial charge in [-0.3, -0.25) is 0 Å². The van der Waals surface area contributed by atoms with E-state index in [1.54, 1.807) is 0 Å². The van der Waals surface area contributed by atoms with Crippen molar-refractivity contribution in [2.75, 3.05) is 6.61 Å². The monoisotopic (exact) mass is 319 g/mol. The van der Waals surface area contributed by atoms with Crippen LogP contribution in [0.2, 0.25) is 0 Å². The molecule has 1 atom stereocenters. The molecule has 0 aromatic heterocycles. The molecule has 9 heteroatoms. The van der Waals surface area contributed by atoms with Gasteiger partial charge in [-0.2, -0.15) is 13.2 Å². The standard InChI is InChI=1S/C12H12F7NO/c13-8-6(5(20)3-1-2-4-21)9(14)11(16)10(15)7(8)12(17,18)19/h5,21H,1-4,20H2/t5-/m1/s1. The van der Waals surface area contributed by atoms with Gasteiger partial charge in [-0.25, -0.2) is 17.6 Å². The van der Waals surface area contributed by atoms with Crippen LogP contribution in [0, 0.1) is 23.3 Å². The minimum absolute atomic E-state index is 0.150. The number of unbranched alkanes of at least 4 members (excludes halogenated alkanes) is 1. The first-order valence-corrected chi connectivity index (χ1v) is 5.92. The van der Waals surface area contributed by atoms with Crippen LogP contribution in [-0.4, -0.2) is 11.7 Å². The molecule has 0 saturated heterocycles. The molecule has 0 aliphatic rings. The molecule has 2 nitrogen and oxygen atoms in total. The van der Waals surface area contributed by atoms with E-state index in [-0.39, 0.29) is 25.9 Å². The molecule has 1 rings (SSSR count). The van der Waals surface area contributed by atoms with Crippen LogP contribution in [0.5, 0.6) is 0 Å². The van der Waals surface area contributed by atoms with Crippen LogP contribution in [0.1, 0.15) is 36.4 Å². The van der Waals surface area contributed by atoms with Gasteiger partial charge in [-0.1, -0.05) is 0 Å². The van der Waals surface area contributed by atoms with E-state index in [0.29, 0.717) is 0 Å². The average Bonchev–Trinajstić information content (AvgIpc) is 2.35. The van der Waals surface area contributed by atoms with Gasteiger partial charge in [0.25, 0.3) is 0 Å². The lowest BCUT2D eigenvalue weighted by atomic mass is 9.97. The zero-order valence-corrected chi connectivity index (χ0v) is 10.6. The third kappa shape index (κ3) is 3.65. The lowest BCUT2D eigenvalue weighted by Gasteiger charge is -2.18. The smallest absolute Gasteiger partial charge is 0.396 e. The summed E-state index contributed by atoms with van der Waals surface area (Å²) in [5, 5.41) is 8.54. The van der Waals surface area contributed by atoms with Crippen LogP contribution in [-0.2, 0) is 6.18 Å². The topological polar surface area (TPSA) is 46.2 Å². The van der Waals surface area contributed by atoms with Gasteiger partial charge in [0.15, 0.2) is 17.5 Å². The van der Waals surface area contributed by atoms with Crippen molar-refractivity contribution in [1.29, 1.82) is 0 Å². The Kier molecular flexibility index (Phi) is 5.57. The van der Waals surface area contributed by atoms with Gasteiger partial charge in [0.05, 0.1) is 0 Å². The van der Waals surface area contributed by atoms with Crippen molar-refractivity contribution >= 4 is 0 Å². The second-order valence-electron chi connectivity index (χ2n) is 4.37. The molecule has 0 spiro atoms. The number of aliphatic hydroxyl groups excluding tert-OH is 1. The van der Waals surface area contributed by atoms with E-state index < -0.39 is 46.6 Å². The van der Waals surface area contributed by atoms with E-state index in [1.165, 1.54) is 0 Å². The highest BCUT2D eigenvalue weighted by Crippen LogP contribution is 2.38. The Bertz CT molecular complexity index is 516. The highest BCUT2D eigenvalue weighted by molar-refractivity contribution is 5.34. The molecular weight excluding hydrogens is 307 g/mol. The molecule has 0 bridgehead atoms. The van der Waals surface area contributed by atoms with Crippen molar-refractivity contribution in [1.82, 2.24) is 0 Å². The predicted octanol–water partition coefficient (Wildman–Crippen LogP) is 3.42. The second kappa shape index (κ2) is 6.61. The molecular formula is C12H12F7NO. The average molecular weight is 319 g/mol. The summed E-state index contributed by atoms with van der Waals surface area (Å²) < 4.78 is 91.1. The fourth-order valence-corrected chi connectivity index (χ4v) is 1.85. The first-order valence-electron chi connectivity index (χ1n) is 5.92. The number of alkyl halides is 3. The maximum Gasteiger partial charge on any atom is 0.422 e. The number of hydrogen-bond acceptors (Lipinski definition) is 2. The molecule has 1 aromatic rings. The molecule has 0 unspecified atom stereocenters. The Labute approximate surface area is 115 Å². The van der Waals surface area contributed by atoms with Crippen LogP contribution in [0.15, 0.2) is 0 Å². The van der Waals surface area contributed by atoms with Gasteiger partial charge < -0.3 is 10.8 Å². The summed E-state index contributed by atoms with van der Waals surface area (Å²) in [6.07, 6.45) is -5.37. The Morgan fingerprint density at radius 3 is 1.95 bits per heavy atom. The van der Waals surface area contributed by atoms with E-state index >= 15 is 0 Å². The highest BCUT2D eigenvalue weighted by atomic mass is 19.4. The lowest BCUT2D eigenvalue weighted by Crippen LogP contribution is -2.22. The Hall–Kier alpha value is -1.35. The maximum absolute atomic E-state index is 13.7. The largest absolute Gasteiger partial charge is 0.422 e. The van der Waals surface area contributed by atoms with Crippen LogP contribution < -0.4 is 5.73 Å². The zero-order chi connectivity index (χ0) is 16.4. The van der Waals surface area contributed by atoms with E-state index in [2.05, 4.69) is 0 Å². The molecule has 120 valence electrons. The summed E-state index contributed by atoms with van der Waals surface area (Å²) in [6, 6.07) is -1.59. The third-order valence-corrected chi connectivity index (χ3v) is 2.87. The highest BCUT2D eigenvalue weighted by Gasteiger charge is 2.42. The van der Waals surface area contributed by atoms with Gasteiger partial charge >= 0.3 is 6.18 Å². The molecule has 0 saturated carbocycles. The molecule has 3 N–H and O–H groups in total. The summed E-state index contributed by atoms with van der Waals surface area (Å²) >= 11 is 0. The first-order chi connectivity index (χ1) is 9.62. The summed E-state index contributed by atoms with van der Waals surface area (Å²) in [5.74, 6) is -9.38. The summed E-state index contributed by atoms with van der Waals surface area (Å²) in [6.45, 7) is -0.247. The molecule has 0 radical (unpaired) electrons. The third-order valence-electron chi connectivity index (χ3n) is 2.87. The second-order valence-corrected chi connectivity index (χ2v) is 4.37. The Morgan fingerprint density at radius 1 is 0.905 bits per heavy atom. The van der Waals surface area contributed by atoms with Crippen LogP contribution in [0.3, 0.4) is 0 Å². The predicted molar refractivity (Wildman–Crippen MR) is 59.1 cm³/mol. The van der Waals surface area contributed by atoms with E-state index in [4.69, 9.17) is 10.8 Å². The van der Waals surface area contributed by atoms with Crippen molar-refractivity contribution in [3.05, 3.63) is 34.4 Å². The summed E-state index contributed by atoms with van der Waals surface area (Å²) in [5.41, 5.74) is 1.50. The van der Waals surface area contributed by atoms with Gasteiger partial charge in [-0.05, 0) is 19.3 Å². The lowest BCUT2D eigenvalue weighted by molar-refractivity contribution is -0.143. The molecule has 0 amide bonds. The van der Waals surface area contributed by atoms with Crippen molar-refractivity contribution in [2.45, 2.75) is 31.5 Å². The molecule has 0 aliphatic heterocycles. The fourth-order valence-electron chi connectivity index (χ4n) is 1.85. The van der Waals surface area contributed by atoms with Crippen molar-refractivity contribution in [3.63, 3.8) is 0 Å². The van der Waals surface area contributed by atoms with Crippen molar-refractivity contribution in [2.24, 2.45) is 5.73 Å². The van der Waals surface area contributed by atoms with Gasteiger partial charge in [0, 0.05) is 18.2 Å². The van der Waals surface area contributed by atoms with Gasteiger partial charge in [-0.15, -0.1) is 0 Å². The van der Waals surface area contributed by atoms with E-state index in [0.717, 1.165) is 0 Å². The fraction of sp³-hybridized carbons (Fsp3) is 0.500. The summed E-state index contributed by atoms with van der Waals surface area (Å²) in [7, 11) is 0. The number of nitrogens with two attached hydrogens (primary N) is 1. The minimum atomic E-state index is -5.53. The minimum Gasteiger partial charge on any atom is -0.396 e. The first kappa shape index (κ1) is 17.7. The van der Waals surface area contributed by atoms with Crippen LogP contribution in [0.25, 0.3) is 0 Å². The van der Waals surface area contributed by atoms with Crippen molar-refractivity contribution < 1.29 is 35.8 Å². The number of aliphatic hydroxyl groups is 1. The van der Waals surface area contributed by atoms with Crippen LogP contribution >= 0.6 is 0 Å². The SMILES string of the molecule is N[C@H](CCCCO)c1c(F)c(F)c(F)c(C(F)(F)F)c1F. The van der Waals surface area contributed by atoms with E-state index in [1.807, 2.05) is 0 Å². The molecule has 0 heterocycles. The Balaban J connectivity index is 3.36. The molecule has 0 aliphatic carbocycles. The quantitative estimate of drug-likeness (QED) is 0.378. The molecule has 0 fully saturated rings. The molecule has 1 aromatic carbocycles. The van der Waals surface area contributed by atoms with Gasteiger partial charge in [0.1, 0.15) is 11.4 Å². The summed E-state index contributed by atoms with van der Waals surface area (Å²) in [4.78, 5) is 0. The number of rotatable bonds is 5. The normalized spacial score (nSPS) is 13.6. The number of benzene rings is 1. The van der Waals surface area contributed by atoms with E-state index in [9.17, 15) is 30.7 Å². The molecule has 21 heavy (non-hydrogen) atoms. The van der Waals surface area contributed by atoms with Crippen LogP contribution in [0.4, 0.5) is 30.7 Å². The maximum atomic E-state index is 13.7. The Morgan fingerprint density at radius 2 is 1.48 bits per heavy atom.